The van der Waals surface area contributed by atoms with Gasteiger partial charge in [0, 0.05) is 0 Å². The van der Waals surface area contributed by atoms with Crippen LogP contribution in [-0.4, -0.2) is 34.8 Å². The molecule has 0 unspecified atom stereocenters. The molecule has 6 nitrogen and oxygen atoms in total. The third-order valence-electron chi connectivity index (χ3n) is 4.53. The number of hydrogen-bond donors (Lipinski definition) is 5. The van der Waals surface area contributed by atoms with Crippen LogP contribution >= 0.6 is 0 Å². The predicted molar refractivity (Wildman–Crippen MR) is 84.1 cm³/mol. The lowest BCUT2D eigenvalue weighted by Crippen LogP contribution is -2.48. The SMILES string of the molecule is NCCc1ccc2c(c1)C[C@H](CCCB(O)O)[C@]2(N)C(=O)O. The number of fused-ring (bicyclic) bond motifs is 1. The van der Waals surface area contributed by atoms with E-state index >= 15 is 0 Å². The molecule has 0 heterocycles. The Bertz CT molecular complexity index is 552. The molecule has 1 aromatic carbocycles. The van der Waals surface area contributed by atoms with Crippen LogP contribution in [0.2, 0.25) is 6.32 Å². The van der Waals surface area contributed by atoms with Crippen molar-refractivity contribution in [3.05, 3.63) is 34.9 Å². The highest BCUT2D eigenvalue weighted by Gasteiger charge is 2.49. The number of nitrogens with two attached hydrogens (primary N) is 2. The van der Waals surface area contributed by atoms with Crippen molar-refractivity contribution < 1.29 is 19.9 Å². The number of aliphatic carboxylic acids is 1. The van der Waals surface area contributed by atoms with Crippen molar-refractivity contribution in [1.82, 2.24) is 0 Å². The summed E-state index contributed by atoms with van der Waals surface area (Å²) in [7, 11) is -1.36. The van der Waals surface area contributed by atoms with Crippen molar-refractivity contribution in [2.45, 2.75) is 37.5 Å². The molecule has 2 atom stereocenters. The lowest BCUT2D eigenvalue weighted by molar-refractivity contribution is -0.145. The van der Waals surface area contributed by atoms with Gasteiger partial charge in [-0.05, 0) is 54.7 Å². The quantitative estimate of drug-likeness (QED) is 0.445. The number of carbonyl (C=O) groups is 1. The van der Waals surface area contributed by atoms with Crippen molar-refractivity contribution in [1.29, 1.82) is 0 Å². The van der Waals surface area contributed by atoms with Gasteiger partial charge in [-0.2, -0.15) is 0 Å². The third-order valence-corrected chi connectivity index (χ3v) is 4.53. The third kappa shape index (κ3) is 3.17. The maximum Gasteiger partial charge on any atom is 0.451 e. The minimum atomic E-state index is -1.41. The minimum absolute atomic E-state index is 0.223. The summed E-state index contributed by atoms with van der Waals surface area (Å²) in [6, 6.07) is 5.68. The molecule has 0 aromatic heterocycles. The highest BCUT2D eigenvalue weighted by molar-refractivity contribution is 6.40. The Kier molecular flexibility index (Phi) is 5.23. The van der Waals surface area contributed by atoms with Crippen molar-refractivity contribution in [3.63, 3.8) is 0 Å². The zero-order chi connectivity index (χ0) is 16.3. The molecule has 120 valence electrons. The topological polar surface area (TPSA) is 130 Å². The second kappa shape index (κ2) is 6.79. The highest BCUT2D eigenvalue weighted by atomic mass is 16.4. The first-order valence-corrected chi connectivity index (χ1v) is 7.60. The lowest BCUT2D eigenvalue weighted by Gasteiger charge is -2.28. The van der Waals surface area contributed by atoms with Crippen LogP contribution in [0.5, 0.6) is 0 Å². The summed E-state index contributed by atoms with van der Waals surface area (Å²) in [5.74, 6) is -1.28. The highest BCUT2D eigenvalue weighted by Crippen LogP contribution is 2.42. The average molecular weight is 306 g/mol. The first-order valence-electron chi connectivity index (χ1n) is 7.60. The summed E-state index contributed by atoms with van der Waals surface area (Å²) in [6.45, 7) is 0.545. The van der Waals surface area contributed by atoms with E-state index in [1.54, 1.807) is 6.07 Å². The van der Waals surface area contributed by atoms with Crippen LogP contribution in [0.4, 0.5) is 0 Å². The van der Waals surface area contributed by atoms with Crippen LogP contribution in [0.15, 0.2) is 18.2 Å². The molecule has 0 amide bonds. The zero-order valence-corrected chi connectivity index (χ0v) is 12.5. The molecule has 7 heteroatoms. The van der Waals surface area contributed by atoms with Gasteiger partial charge in [0.05, 0.1) is 0 Å². The number of carboxylic acids is 1. The van der Waals surface area contributed by atoms with Crippen LogP contribution in [0.25, 0.3) is 0 Å². The lowest BCUT2D eigenvalue weighted by atomic mass is 9.77. The smallest absolute Gasteiger partial charge is 0.451 e. The average Bonchev–Trinajstić information content (AvgIpc) is 2.73. The van der Waals surface area contributed by atoms with Gasteiger partial charge in [0.1, 0.15) is 5.54 Å². The van der Waals surface area contributed by atoms with E-state index in [9.17, 15) is 9.90 Å². The molecule has 22 heavy (non-hydrogen) atoms. The van der Waals surface area contributed by atoms with E-state index in [2.05, 4.69) is 0 Å². The number of benzene rings is 1. The first-order chi connectivity index (χ1) is 10.4. The van der Waals surface area contributed by atoms with E-state index in [0.717, 1.165) is 17.5 Å². The molecular weight excluding hydrogens is 283 g/mol. The Labute approximate surface area is 130 Å². The second-order valence-corrected chi connectivity index (χ2v) is 6.02. The van der Waals surface area contributed by atoms with Crippen molar-refractivity contribution in [2.24, 2.45) is 17.4 Å². The van der Waals surface area contributed by atoms with Crippen molar-refractivity contribution >= 4 is 13.1 Å². The maximum absolute atomic E-state index is 11.8. The maximum atomic E-state index is 11.8. The van der Waals surface area contributed by atoms with Gasteiger partial charge in [-0.3, -0.25) is 0 Å². The minimum Gasteiger partial charge on any atom is -0.480 e. The Morgan fingerprint density at radius 2 is 2.14 bits per heavy atom. The van der Waals surface area contributed by atoms with Crippen LogP contribution in [0.3, 0.4) is 0 Å². The Morgan fingerprint density at radius 3 is 2.73 bits per heavy atom. The van der Waals surface area contributed by atoms with Crippen LogP contribution in [0, 0.1) is 5.92 Å². The van der Waals surface area contributed by atoms with E-state index in [0.29, 0.717) is 31.4 Å². The number of hydrogen-bond acceptors (Lipinski definition) is 5. The number of rotatable bonds is 7. The van der Waals surface area contributed by atoms with Gasteiger partial charge < -0.3 is 26.6 Å². The summed E-state index contributed by atoms with van der Waals surface area (Å²) in [5, 5.41) is 27.5. The molecule has 1 aliphatic carbocycles. The Hall–Kier alpha value is -1.41. The molecular formula is C15H23BN2O4. The largest absolute Gasteiger partial charge is 0.480 e. The van der Waals surface area contributed by atoms with E-state index < -0.39 is 18.6 Å². The van der Waals surface area contributed by atoms with Gasteiger partial charge in [0.2, 0.25) is 0 Å². The summed E-state index contributed by atoms with van der Waals surface area (Å²) in [6.07, 6.45) is 2.64. The van der Waals surface area contributed by atoms with Gasteiger partial charge in [-0.15, -0.1) is 0 Å². The van der Waals surface area contributed by atoms with E-state index in [4.69, 9.17) is 21.5 Å². The summed E-state index contributed by atoms with van der Waals surface area (Å²) in [4.78, 5) is 11.8. The Balaban J connectivity index is 2.24. The van der Waals surface area contributed by atoms with Crippen molar-refractivity contribution in [3.8, 4) is 0 Å². The summed E-state index contributed by atoms with van der Waals surface area (Å²) < 4.78 is 0. The predicted octanol–water partition coefficient (Wildman–Crippen LogP) is -0.148. The van der Waals surface area contributed by atoms with Crippen LogP contribution in [0.1, 0.15) is 29.5 Å². The standard InChI is InChI=1S/C15H23BN2O4/c17-7-5-10-3-4-13-11(8-10)9-12(2-1-6-16(21)22)15(13,18)14(19)20/h3-4,8,12,21-22H,1-2,5-7,9,17-18H2,(H,19,20)/t12-,15+/m0/s1. The molecule has 0 bridgehead atoms. The van der Waals surface area contributed by atoms with E-state index in [-0.39, 0.29) is 12.2 Å². The van der Waals surface area contributed by atoms with E-state index in [1.165, 1.54) is 0 Å². The molecule has 1 aromatic rings. The van der Waals surface area contributed by atoms with Gasteiger partial charge in [0.15, 0.2) is 0 Å². The fraction of sp³-hybridized carbons (Fsp3) is 0.533. The molecule has 1 aliphatic rings. The Morgan fingerprint density at radius 1 is 1.41 bits per heavy atom. The molecule has 0 saturated heterocycles. The fourth-order valence-electron chi connectivity index (χ4n) is 3.35. The molecule has 2 rings (SSSR count). The molecule has 0 saturated carbocycles. The van der Waals surface area contributed by atoms with Gasteiger partial charge >= 0.3 is 13.1 Å². The van der Waals surface area contributed by atoms with Crippen LogP contribution in [-0.2, 0) is 23.2 Å². The molecule has 0 spiro atoms. The zero-order valence-electron chi connectivity index (χ0n) is 12.5. The number of carboxylic acid groups (broad SMARTS) is 1. The molecule has 7 N–H and O–H groups in total. The van der Waals surface area contributed by atoms with E-state index in [1.807, 2.05) is 12.1 Å². The second-order valence-electron chi connectivity index (χ2n) is 6.02. The van der Waals surface area contributed by atoms with Gasteiger partial charge in [-0.1, -0.05) is 24.6 Å². The van der Waals surface area contributed by atoms with Crippen molar-refractivity contribution in [2.75, 3.05) is 6.54 Å². The summed E-state index contributed by atoms with van der Waals surface area (Å²) in [5.41, 5.74) is 13.1. The van der Waals surface area contributed by atoms with Gasteiger partial charge in [-0.25, -0.2) is 4.79 Å². The normalized spacial score (nSPS) is 23.4. The fourth-order valence-corrected chi connectivity index (χ4v) is 3.35. The summed E-state index contributed by atoms with van der Waals surface area (Å²) >= 11 is 0. The molecule has 0 aliphatic heterocycles. The first kappa shape index (κ1) is 17.0. The monoisotopic (exact) mass is 306 g/mol. The van der Waals surface area contributed by atoms with Gasteiger partial charge in [0.25, 0.3) is 0 Å². The molecule has 0 radical (unpaired) electrons. The molecule has 0 fully saturated rings. The van der Waals surface area contributed by atoms with Crippen LogP contribution < -0.4 is 11.5 Å².